The lowest BCUT2D eigenvalue weighted by molar-refractivity contribution is -0.141. The highest BCUT2D eigenvalue weighted by atomic mass is 19.4. The van der Waals surface area contributed by atoms with Crippen molar-refractivity contribution in [2.75, 3.05) is 13.1 Å². The zero-order valence-corrected chi connectivity index (χ0v) is 13.5. The largest absolute Gasteiger partial charge is 0.434 e. The van der Waals surface area contributed by atoms with Crippen molar-refractivity contribution in [3.05, 3.63) is 41.2 Å². The number of nitriles is 1. The number of hydrogen-bond acceptors (Lipinski definition) is 3. The molecule has 2 aromatic rings. The van der Waals surface area contributed by atoms with Gasteiger partial charge in [-0.15, -0.1) is 0 Å². The minimum atomic E-state index is -4.49. The van der Waals surface area contributed by atoms with E-state index in [9.17, 15) is 18.0 Å². The van der Waals surface area contributed by atoms with Crippen molar-refractivity contribution in [1.29, 1.82) is 5.26 Å². The van der Waals surface area contributed by atoms with Gasteiger partial charge in [0.1, 0.15) is 17.6 Å². The third-order valence-electron chi connectivity index (χ3n) is 4.33. The van der Waals surface area contributed by atoms with Crippen LogP contribution in [0.2, 0.25) is 0 Å². The van der Waals surface area contributed by atoms with Crippen LogP contribution in [0.3, 0.4) is 0 Å². The second-order valence-electron chi connectivity index (χ2n) is 6.10. The van der Waals surface area contributed by atoms with E-state index in [-0.39, 0.29) is 17.5 Å². The molecular weight excluding hydrogens is 335 g/mol. The van der Waals surface area contributed by atoms with Crippen LogP contribution >= 0.6 is 0 Å². The van der Waals surface area contributed by atoms with Crippen molar-refractivity contribution >= 4 is 5.91 Å². The SMILES string of the molecule is Cn1cc(C(F)(F)F)nc1[C@@H]1CCCN(C(=O)c2c[nH]c(C#N)c2)C1. The Kier molecular flexibility index (Phi) is 4.29. The average molecular weight is 351 g/mol. The normalized spacial score (nSPS) is 18.2. The number of carbonyl (C=O) groups is 1. The lowest BCUT2D eigenvalue weighted by Crippen LogP contribution is -2.39. The number of nitrogens with zero attached hydrogens (tertiary/aromatic N) is 4. The van der Waals surface area contributed by atoms with Crippen LogP contribution in [0.25, 0.3) is 0 Å². The molecule has 0 aromatic carbocycles. The first-order valence-electron chi connectivity index (χ1n) is 7.78. The number of rotatable bonds is 2. The van der Waals surface area contributed by atoms with Crippen molar-refractivity contribution in [2.24, 2.45) is 7.05 Å². The predicted octanol–water partition coefficient (Wildman–Crippen LogP) is 2.66. The van der Waals surface area contributed by atoms with Crippen molar-refractivity contribution in [2.45, 2.75) is 24.9 Å². The van der Waals surface area contributed by atoms with Gasteiger partial charge in [-0.05, 0) is 18.9 Å². The van der Waals surface area contributed by atoms with Gasteiger partial charge in [-0.1, -0.05) is 0 Å². The van der Waals surface area contributed by atoms with Crippen molar-refractivity contribution in [3.63, 3.8) is 0 Å². The molecule has 6 nitrogen and oxygen atoms in total. The number of nitrogens with one attached hydrogen (secondary N) is 1. The Morgan fingerprint density at radius 3 is 2.84 bits per heavy atom. The first kappa shape index (κ1) is 17.1. The Labute approximate surface area is 141 Å². The van der Waals surface area contributed by atoms with Gasteiger partial charge in [0.25, 0.3) is 5.91 Å². The maximum absolute atomic E-state index is 12.8. The molecule has 0 spiro atoms. The summed E-state index contributed by atoms with van der Waals surface area (Å²) in [5.41, 5.74) is -0.262. The van der Waals surface area contributed by atoms with E-state index in [4.69, 9.17) is 5.26 Å². The number of halogens is 3. The zero-order valence-electron chi connectivity index (χ0n) is 13.5. The monoisotopic (exact) mass is 351 g/mol. The summed E-state index contributed by atoms with van der Waals surface area (Å²) in [7, 11) is 1.53. The molecule has 0 saturated carbocycles. The molecule has 1 N–H and O–H groups in total. The second-order valence-corrected chi connectivity index (χ2v) is 6.10. The Balaban J connectivity index is 1.78. The van der Waals surface area contributed by atoms with Crippen molar-refractivity contribution < 1.29 is 18.0 Å². The van der Waals surface area contributed by atoms with Crippen molar-refractivity contribution in [1.82, 2.24) is 19.4 Å². The van der Waals surface area contributed by atoms with E-state index in [1.807, 2.05) is 6.07 Å². The van der Waals surface area contributed by atoms with Gasteiger partial charge in [0.2, 0.25) is 0 Å². The van der Waals surface area contributed by atoms with Crippen LogP contribution in [-0.2, 0) is 13.2 Å². The van der Waals surface area contributed by atoms with Crippen LogP contribution in [0.15, 0.2) is 18.5 Å². The molecule has 0 bridgehead atoms. The molecule has 1 aliphatic rings. The fourth-order valence-electron chi connectivity index (χ4n) is 3.13. The molecule has 2 aromatic heterocycles. The van der Waals surface area contributed by atoms with Gasteiger partial charge in [-0.2, -0.15) is 18.4 Å². The molecule has 1 aliphatic heterocycles. The molecule has 1 atom stereocenters. The van der Waals surface area contributed by atoms with Gasteiger partial charge in [-0.3, -0.25) is 4.79 Å². The third kappa shape index (κ3) is 3.38. The number of carbonyl (C=O) groups excluding carboxylic acids is 1. The molecule has 3 heterocycles. The van der Waals surface area contributed by atoms with Gasteiger partial charge in [-0.25, -0.2) is 4.98 Å². The Morgan fingerprint density at radius 2 is 2.24 bits per heavy atom. The second kappa shape index (κ2) is 6.27. The van der Waals surface area contributed by atoms with E-state index in [1.54, 1.807) is 4.90 Å². The maximum Gasteiger partial charge on any atom is 0.434 e. The number of aromatic amines is 1. The number of aromatic nitrogens is 3. The molecule has 0 unspecified atom stereocenters. The Hall–Kier alpha value is -2.76. The summed E-state index contributed by atoms with van der Waals surface area (Å²) >= 11 is 0. The van der Waals surface area contributed by atoms with Crippen LogP contribution < -0.4 is 0 Å². The summed E-state index contributed by atoms with van der Waals surface area (Å²) in [6, 6.07) is 3.38. The summed E-state index contributed by atoms with van der Waals surface area (Å²) < 4.78 is 39.9. The maximum atomic E-state index is 12.8. The van der Waals surface area contributed by atoms with E-state index < -0.39 is 11.9 Å². The summed E-state index contributed by atoms with van der Waals surface area (Å²) in [5.74, 6) is -0.169. The quantitative estimate of drug-likeness (QED) is 0.904. The zero-order chi connectivity index (χ0) is 18.2. The molecule has 1 amide bonds. The number of likely N-dealkylation sites (tertiary alicyclic amines) is 1. The standard InChI is InChI=1S/C16H16F3N5O/c1-23-9-13(16(17,18)19)22-14(23)10-3-2-4-24(8-10)15(25)11-5-12(6-20)21-7-11/h5,7,9-10,21H,2-4,8H2,1H3/t10-/m1/s1. The van der Waals surface area contributed by atoms with Crippen LogP contribution in [-0.4, -0.2) is 38.4 Å². The molecular formula is C16H16F3N5O. The molecule has 3 rings (SSSR count). The number of amides is 1. The van der Waals surface area contributed by atoms with Crippen molar-refractivity contribution in [3.8, 4) is 6.07 Å². The molecule has 132 valence electrons. The number of H-pyrrole nitrogens is 1. The average Bonchev–Trinajstić information content (AvgIpc) is 3.20. The Morgan fingerprint density at radius 1 is 1.48 bits per heavy atom. The van der Waals surface area contributed by atoms with E-state index in [1.165, 1.54) is 23.9 Å². The minimum absolute atomic E-state index is 0.243. The van der Waals surface area contributed by atoms with Crippen LogP contribution in [0.4, 0.5) is 13.2 Å². The smallest absolute Gasteiger partial charge is 0.352 e. The molecule has 9 heteroatoms. The number of piperidine rings is 1. The summed E-state index contributed by atoms with van der Waals surface area (Å²) in [4.78, 5) is 20.6. The lowest BCUT2D eigenvalue weighted by Gasteiger charge is -2.32. The minimum Gasteiger partial charge on any atom is -0.352 e. The third-order valence-corrected chi connectivity index (χ3v) is 4.33. The van der Waals surface area contributed by atoms with E-state index >= 15 is 0 Å². The van der Waals surface area contributed by atoms with Crippen LogP contribution in [0.1, 0.15) is 46.3 Å². The lowest BCUT2D eigenvalue weighted by atomic mass is 9.96. The first-order valence-corrected chi connectivity index (χ1v) is 7.78. The number of hydrogen-bond donors (Lipinski definition) is 1. The first-order chi connectivity index (χ1) is 11.8. The van der Waals surface area contributed by atoms with Crippen LogP contribution in [0, 0.1) is 11.3 Å². The van der Waals surface area contributed by atoms with Gasteiger partial charge in [0.15, 0.2) is 5.69 Å². The van der Waals surface area contributed by atoms with E-state index in [0.717, 1.165) is 6.20 Å². The van der Waals surface area contributed by atoms with Gasteiger partial charge in [0, 0.05) is 38.4 Å². The fourth-order valence-corrected chi connectivity index (χ4v) is 3.13. The fraction of sp³-hybridized carbons (Fsp3) is 0.438. The number of alkyl halides is 3. The predicted molar refractivity (Wildman–Crippen MR) is 81.6 cm³/mol. The topological polar surface area (TPSA) is 77.7 Å². The molecule has 0 radical (unpaired) electrons. The number of imidazole rings is 1. The van der Waals surface area contributed by atoms with E-state index in [0.29, 0.717) is 37.3 Å². The van der Waals surface area contributed by atoms with Gasteiger partial charge >= 0.3 is 6.18 Å². The summed E-state index contributed by atoms with van der Waals surface area (Å²) in [5, 5.41) is 8.82. The molecule has 1 fully saturated rings. The summed E-state index contributed by atoms with van der Waals surface area (Å²) in [6.45, 7) is 0.826. The number of aryl methyl sites for hydroxylation is 1. The van der Waals surface area contributed by atoms with E-state index in [2.05, 4.69) is 9.97 Å². The Bertz CT molecular complexity index is 830. The highest BCUT2D eigenvalue weighted by Crippen LogP contribution is 2.32. The van der Waals surface area contributed by atoms with Gasteiger partial charge < -0.3 is 14.5 Å². The molecule has 0 aliphatic carbocycles. The highest BCUT2D eigenvalue weighted by molar-refractivity contribution is 5.94. The molecule has 1 saturated heterocycles. The van der Waals surface area contributed by atoms with Crippen LogP contribution in [0.5, 0.6) is 0 Å². The highest BCUT2D eigenvalue weighted by Gasteiger charge is 2.36. The van der Waals surface area contributed by atoms with Gasteiger partial charge in [0.05, 0.1) is 5.56 Å². The summed E-state index contributed by atoms with van der Waals surface area (Å²) in [6.07, 6.45) is -0.698. The molecule has 25 heavy (non-hydrogen) atoms.